The van der Waals surface area contributed by atoms with E-state index in [0.717, 1.165) is 0 Å². The zero-order chi connectivity index (χ0) is 21.7. The van der Waals surface area contributed by atoms with Crippen LogP contribution in [0.3, 0.4) is 0 Å². The molecule has 29 heavy (non-hydrogen) atoms. The molecule has 2 amide bonds. The quantitative estimate of drug-likeness (QED) is 0.531. The van der Waals surface area contributed by atoms with Crippen LogP contribution in [-0.2, 0) is 0 Å². The summed E-state index contributed by atoms with van der Waals surface area (Å²) in [5.74, 6) is -0.754. The third-order valence-corrected chi connectivity index (χ3v) is 4.67. The van der Waals surface area contributed by atoms with Gasteiger partial charge in [-0.05, 0) is 25.1 Å². The highest BCUT2D eigenvalue weighted by Gasteiger charge is 2.22. The highest BCUT2D eigenvalue weighted by atomic mass is 35.5. The van der Waals surface area contributed by atoms with Crippen molar-refractivity contribution in [2.45, 2.75) is 6.92 Å². The summed E-state index contributed by atoms with van der Waals surface area (Å²) in [7, 11) is 3.07. The van der Waals surface area contributed by atoms with Gasteiger partial charge in [0.2, 0.25) is 0 Å². The first-order valence-corrected chi connectivity index (χ1v) is 9.73. The van der Waals surface area contributed by atoms with Crippen LogP contribution in [-0.4, -0.2) is 35.7 Å². The summed E-state index contributed by atoms with van der Waals surface area (Å²) in [5.41, 5.74) is 0.265. The predicted molar refractivity (Wildman–Crippen MR) is 118 cm³/mol. The van der Waals surface area contributed by atoms with E-state index in [-0.39, 0.29) is 32.1 Å². The highest BCUT2D eigenvalue weighted by Crippen LogP contribution is 2.31. The number of nitrogens with zero attached hydrogens (tertiary/aromatic N) is 2. The van der Waals surface area contributed by atoms with Gasteiger partial charge in [0.15, 0.2) is 5.15 Å². The number of aromatic nitrogens is 2. The number of carbonyl (C=O) groups is 2. The van der Waals surface area contributed by atoms with Gasteiger partial charge in [0.05, 0.1) is 21.3 Å². The number of nitrogens with one attached hydrogen (secondary N) is 3. The standard InChI is InChI=1S/C18H17Cl4N5O2/c1-4-5-11(20)16(23-2)27-13(8-14(22)26-27)18(29)25-15-10(17(28)24-3)6-9(19)7-12(15)21/h4-8,23H,1-3H3,(H,24,28)(H,25,29)/b5-4-,16-11-. The van der Waals surface area contributed by atoms with Gasteiger partial charge in [-0.2, -0.15) is 5.10 Å². The summed E-state index contributed by atoms with van der Waals surface area (Å²) in [6.45, 7) is 1.79. The van der Waals surface area contributed by atoms with Crippen LogP contribution in [0.4, 0.5) is 5.69 Å². The number of hydrogen-bond acceptors (Lipinski definition) is 4. The summed E-state index contributed by atoms with van der Waals surface area (Å²) in [5, 5.41) is 12.8. The lowest BCUT2D eigenvalue weighted by molar-refractivity contribution is 0.0964. The van der Waals surface area contributed by atoms with E-state index in [1.165, 1.54) is 29.9 Å². The minimum atomic E-state index is -0.614. The monoisotopic (exact) mass is 475 g/mol. The van der Waals surface area contributed by atoms with Gasteiger partial charge in [-0.15, -0.1) is 0 Å². The Labute approximate surface area is 187 Å². The van der Waals surface area contributed by atoms with Crippen molar-refractivity contribution in [3.63, 3.8) is 0 Å². The molecule has 2 aromatic rings. The fourth-order valence-electron chi connectivity index (χ4n) is 2.43. The van der Waals surface area contributed by atoms with E-state index in [1.807, 2.05) is 0 Å². The molecule has 154 valence electrons. The number of benzene rings is 1. The average Bonchev–Trinajstić information content (AvgIpc) is 3.05. The number of rotatable bonds is 6. The van der Waals surface area contributed by atoms with E-state index in [1.54, 1.807) is 26.1 Å². The van der Waals surface area contributed by atoms with Gasteiger partial charge in [-0.1, -0.05) is 52.5 Å². The Morgan fingerprint density at radius 1 is 1.07 bits per heavy atom. The van der Waals surface area contributed by atoms with Crippen molar-refractivity contribution >= 4 is 69.7 Å². The van der Waals surface area contributed by atoms with Gasteiger partial charge in [-0.3, -0.25) is 9.59 Å². The summed E-state index contributed by atoms with van der Waals surface area (Å²) in [4.78, 5) is 25.2. The van der Waals surface area contributed by atoms with Crippen LogP contribution in [0.15, 0.2) is 35.4 Å². The van der Waals surface area contributed by atoms with Crippen LogP contribution in [0, 0.1) is 0 Å². The van der Waals surface area contributed by atoms with Crippen molar-refractivity contribution in [3.05, 3.63) is 61.8 Å². The fourth-order valence-corrected chi connectivity index (χ4v) is 3.45. The van der Waals surface area contributed by atoms with Crippen molar-refractivity contribution < 1.29 is 9.59 Å². The number of hydrogen-bond donors (Lipinski definition) is 3. The highest BCUT2D eigenvalue weighted by molar-refractivity contribution is 6.38. The largest absolute Gasteiger partial charge is 0.372 e. The molecule has 11 heteroatoms. The molecular formula is C18H17Cl4N5O2. The molecule has 0 saturated carbocycles. The van der Waals surface area contributed by atoms with E-state index in [0.29, 0.717) is 10.9 Å². The second kappa shape index (κ2) is 10.0. The van der Waals surface area contributed by atoms with Gasteiger partial charge in [0, 0.05) is 25.2 Å². The number of halogens is 4. The fraction of sp³-hybridized carbons (Fsp3) is 0.167. The van der Waals surface area contributed by atoms with E-state index in [9.17, 15) is 9.59 Å². The van der Waals surface area contributed by atoms with Crippen molar-refractivity contribution in [3.8, 4) is 0 Å². The van der Waals surface area contributed by atoms with E-state index in [2.05, 4.69) is 21.0 Å². The molecule has 0 aliphatic carbocycles. The molecule has 1 aromatic heterocycles. The van der Waals surface area contributed by atoms with Crippen LogP contribution in [0.5, 0.6) is 0 Å². The number of allylic oxidation sites excluding steroid dienone is 3. The van der Waals surface area contributed by atoms with Gasteiger partial charge < -0.3 is 16.0 Å². The zero-order valence-electron chi connectivity index (χ0n) is 15.6. The molecular weight excluding hydrogens is 460 g/mol. The van der Waals surface area contributed by atoms with Crippen LogP contribution in [0.25, 0.3) is 5.82 Å². The molecule has 0 aliphatic rings. The lowest BCUT2D eigenvalue weighted by atomic mass is 10.1. The van der Waals surface area contributed by atoms with Gasteiger partial charge in [-0.25, -0.2) is 4.68 Å². The first-order chi connectivity index (χ1) is 13.7. The molecule has 0 radical (unpaired) electrons. The maximum absolute atomic E-state index is 13.0. The smallest absolute Gasteiger partial charge is 0.274 e. The van der Waals surface area contributed by atoms with E-state index < -0.39 is 11.8 Å². The summed E-state index contributed by atoms with van der Waals surface area (Å²) in [6, 6.07) is 4.17. The average molecular weight is 477 g/mol. The summed E-state index contributed by atoms with van der Waals surface area (Å²) < 4.78 is 1.25. The molecule has 7 nitrogen and oxygen atoms in total. The van der Waals surface area contributed by atoms with Crippen LogP contribution < -0.4 is 16.0 Å². The third-order valence-electron chi connectivity index (χ3n) is 3.67. The van der Waals surface area contributed by atoms with Crippen molar-refractivity contribution in [2.24, 2.45) is 0 Å². The molecule has 0 aliphatic heterocycles. The molecule has 1 heterocycles. The Balaban J connectivity index is 2.54. The van der Waals surface area contributed by atoms with Crippen LogP contribution in [0.2, 0.25) is 15.2 Å². The molecule has 0 atom stereocenters. The topological polar surface area (TPSA) is 88.1 Å². The van der Waals surface area contributed by atoms with Crippen LogP contribution in [0.1, 0.15) is 27.8 Å². The zero-order valence-corrected chi connectivity index (χ0v) is 18.6. The van der Waals surface area contributed by atoms with E-state index >= 15 is 0 Å². The minimum Gasteiger partial charge on any atom is -0.372 e. The SMILES string of the molecule is C/C=C\C(Cl)=C(/NC)n1nc(Cl)cc1C(=O)Nc1c(Cl)cc(Cl)cc1C(=O)NC. The number of amides is 2. The molecule has 0 saturated heterocycles. The van der Waals surface area contributed by atoms with Gasteiger partial charge in [0.1, 0.15) is 11.5 Å². The van der Waals surface area contributed by atoms with Crippen molar-refractivity contribution in [1.82, 2.24) is 20.4 Å². The maximum atomic E-state index is 13.0. The second-order valence-electron chi connectivity index (χ2n) is 5.55. The summed E-state index contributed by atoms with van der Waals surface area (Å²) >= 11 is 24.5. The van der Waals surface area contributed by atoms with Crippen LogP contribution >= 0.6 is 46.4 Å². The molecule has 0 fully saturated rings. The molecule has 0 bridgehead atoms. The third kappa shape index (κ3) is 5.25. The molecule has 2 rings (SSSR count). The van der Waals surface area contributed by atoms with Crippen molar-refractivity contribution in [2.75, 3.05) is 19.4 Å². The Morgan fingerprint density at radius 3 is 2.34 bits per heavy atom. The Morgan fingerprint density at radius 2 is 1.76 bits per heavy atom. The second-order valence-corrected chi connectivity index (χ2v) is 7.19. The lowest BCUT2D eigenvalue weighted by Gasteiger charge is -2.15. The molecule has 0 unspecified atom stereocenters. The number of carbonyl (C=O) groups excluding carboxylic acids is 2. The minimum absolute atomic E-state index is 0.0656. The van der Waals surface area contributed by atoms with Crippen molar-refractivity contribution in [1.29, 1.82) is 0 Å². The molecule has 0 spiro atoms. The number of anilines is 1. The lowest BCUT2D eigenvalue weighted by Crippen LogP contribution is -2.25. The summed E-state index contributed by atoms with van der Waals surface area (Å²) in [6.07, 6.45) is 3.36. The Kier molecular flexibility index (Phi) is 7.98. The molecule has 1 aromatic carbocycles. The normalized spacial score (nSPS) is 12.0. The Hall–Kier alpha value is -2.19. The van der Waals surface area contributed by atoms with Gasteiger partial charge in [0.25, 0.3) is 11.8 Å². The van der Waals surface area contributed by atoms with E-state index in [4.69, 9.17) is 46.4 Å². The first kappa shape index (κ1) is 23.1. The first-order valence-electron chi connectivity index (χ1n) is 8.22. The molecule has 3 N–H and O–H groups in total. The van der Waals surface area contributed by atoms with Gasteiger partial charge >= 0.3 is 0 Å². The maximum Gasteiger partial charge on any atom is 0.274 e. The predicted octanol–water partition coefficient (Wildman–Crippen LogP) is 4.62. The Bertz CT molecular complexity index is 1010.